The molecule has 22 heavy (non-hydrogen) atoms. The number of aliphatic hydroxyl groups is 2. The van der Waals surface area contributed by atoms with Crippen molar-refractivity contribution in [2.45, 2.75) is 26.2 Å². The monoisotopic (exact) mass is 308 g/mol. The zero-order chi connectivity index (χ0) is 16.9. The van der Waals surface area contributed by atoms with Crippen molar-refractivity contribution in [3.63, 3.8) is 0 Å². The van der Waals surface area contributed by atoms with Gasteiger partial charge in [-0.1, -0.05) is 20.8 Å². The third-order valence-corrected chi connectivity index (χ3v) is 3.36. The number of rotatable bonds is 6. The van der Waals surface area contributed by atoms with Crippen LogP contribution in [0.25, 0.3) is 0 Å². The van der Waals surface area contributed by atoms with Crippen LogP contribution in [0.4, 0.5) is 0 Å². The van der Waals surface area contributed by atoms with E-state index in [2.05, 4.69) is 0 Å². The van der Waals surface area contributed by atoms with Crippen LogP contribution in [0.2, 0.25) is 0 Å². The number of aliphatic hydroxyl groups excluding tert-OH is 2. The van der Waals surface area contributed by atoms with Crippen LogP contribution >= 0.6 is 0 Å². The van der Waals surface area contributed by atoms with Crippen LogP contribution in [0.5, 0.6) is 0 Å². The molecule has 4 N–H and O–H groups in total. The van der Waals surface area contributed by atoms with Crippen LogP contribution in [0.15, 0.2) is 18.2 Å². The van der Waals surface area contributed by atoms with E-state index in [4.69, 9.17) is 15.9 Å². The second-order valence-corrected chi connectivity index (χ2v) is 6.15. The Balaban J connectivity index is 3.29. The van der Waals surface area contributed by atoms with Gasteiger partial charge in [0, 0.05) is 24.2 Å². The molecule has 0 aromatic heterocycles. The molecule has 0 aliphatic rings. The summed E-state index contributed by atoms with van der Waals surface area (Å²) in [6.45, 7) is 5.75. The fourth-order valence-electron chi connectivity index (χ4n) is 2.07. The Kier molecular flexibility index (Phi) is 6.08. The molecule has 1 aromatic carbocycles. The van der Waals surface area contributed by atoms with Crippen LogP contribution in [-0.4, -0.2) is 53.2 Å². The lowest BCUT2D eigenvalue weighted by molar-refractivity contribution is 0.0684. The fraction of sp³-hybridized carbons (Fsp3) is 0.500. The molecule has 0 unspecified atom stereocenters. The minimum absolute atomic E-state index is 0.116. The predicted octanol–water partition coefficient (Wildman–Crippen LogP) is 0.510. The first-order chi connectivity index (χ1) is 10.2. The molecule has 0 aliphatic carbocycles. The molecule has 0 aliphatic heterocycles. The molecule has 0 saturated heterocycles. The van der Waals surface area contributed by atoms with Gasteiger partial charge in [0.15, 0.2) is 0 Å². The highest BCUT2D eigenvalue weighted by atomic mass is 16.3. The van der Waals surface area contributed by atoms with Crippen molar-refractivity contribution in [2.75, 3.05) is 26.3 Å². The van der Waals surface area contributed by atoms with Crippen molar-refractivity contribution in [1.29, 1.82) is 0 Å². The van der Waals surface area contributed by atoms with Gasteiger partial charge in [0.05, 0.1) is 13.2 Å². The molecule has 0 radical (unpaired) electrons. The van der Waals surface area contributed by atoms with E-state index in [1.54, 1.807) is 12.1 Å². The van der Waals surface area contributed by atoms with E-state index in [1.807, 2.05) is 20.8 Å². The largest absolute Gasteiger partial charge is 0.395 e. The standard InChI is InChI=1S/C16H24N2O4/c1-16(2,3)13-9-11(14(17)21)8-12(10-13)15(22)18(4-6-19)5-7-20/h8-10,19-20H,4-7H2,1-3H3,(H2,17,21). The number of primary amides is 1. The molecule has 0 fully saturated rings. The van der Waals surface area contributed by atoms with Crippen LogP contribution in [0.1, 0.15) is 47.1 Å². The first kappa shape index (κ1) is 18.1. The lowest BCUT2D eigenvalue weighted by atomic mass is 9.85. The topological polar surface area (TPSA) is 104 Å². The summed E-state index contributed by atoms with van der Waals surface area (Å²) in [6, 6.07) is 4.85. The van der Waals surface area contributed by atoms with Gasteiger partial charge in [-0.2, -0.15) is 0 Å². The summed E-state index contributed by atoms with van der Waals surface area (Å²) in [4.78, 5) is 25.4. The maximum Gasteiger partial charge on any atom is 0.254 e. The van der Waals surface area contributed by atoms with Gasteiger partial charge in [-0.25, -0.2) is 0 Å². The Bertz CT molecular complexity index is 544. The molecule has 1 aromatic rings. The lowest BCUT2D eigenvalue weighted by Gasteiger charge is -2.24. The summed E-state index contributed by atoms with van der Waals surface area (Å²) in [7, 11) is 0. The van der Waals surface area contributed by atoms with E-state index in [0.717, 1.165) is 5.56 Å². The van der Waals surface area contributed by atoms with Crippen LogP contribution in [-0.2, 0) is 5.41 Å². The van der Waals surface area contributed by atoms with Gasteiger partial charge in [-0.3, -0.25) is 9.59 Å². The molecule has 0 heterocycles. The van der Waals surface area contributed by atoms with Gasteiger partial charge in [0.1, 0.15) is 0 Å². The second-order valence-electron chi connectivity index (χ2n) is 6.15. The Morgan fingerprint density at radius 3 is 1.95 bits per heavy atom. The maximum atomic E-state index is 12.5. The van der Waals surface area contributed by atoms with Crippen molar-refractivity contribution in [2.24, 2.45) is 5.73 Å². The zero-order valence-electron chi connectivity index (χ0n) is 13.3. The van der Waals surface area contributed by atoms with Crippen molar-refractivity contribution in [1.82, 2.24) is 4.90 Å². The summed E-state index contributed by atoms with van der Waals surface area (Å²) in [5, 5.41) is 18.1. The minimum Gasteiger partial charge on any atom is -0.395 e. The fourth-order valence-corrected chi connectivity index (χ4v) is 2.07. The van der Waals surface area contributed by atoms with Crippen LogP contribution in [0, 0.1) is 0 Å². The Morgan fingerprint density at radius 2 is 1.55 bits per heavy atom. The summed E-state index contributed by atoms with van der Waals surface area (Å²) < 4.78 is 0. The van der Waals surface area contributed by atoms with E-state index < -0.39 is 5.91 Å². The average Bonchev–Trinajstić information content (AvgIpc) is 2.44. The Labute approximate surface area is 130 Å². The van der Waals surface area contributed by atoms with Gasteiger partial charge in [0.25, 0.3) is 5.91 Å². The van der Waals surface area contributed by atoms with Gasteiger partial charge < -0.3 is 20.8 Å². The summed E-state index contributed by atoms with van der Waals surface area (Å²) in [6.07, 6.45) is 0. The van der Waals surface area contributed by atoms with E-state index >= 15 is 0 Å². The summed E-state index contributed by atoms with van der Waals surface area (Å²) in [5.74, 6) is -0.951. The van der Waals surface area contributed by atoms with E-state index in [-0.39, 0.29) is 43.2 Å². The number of benzene rings is 1. The number of nitrogens with zero attached hydrogens (tertiary/aromatic N) is 1. The second kappa shape index (κ2) is 7.38. The smallest absolute Gasteiger partial charge is 0.254 e. The minimum atomic E-state index is -0.601. The molecule has 2 amide bonds. The predicted molar refractivity (Wildman–Crippen MR) is 83.7 cm³/mol. The Morgan fingerprint density at radius 1 is 1.05 bits per heavy atom. The number of hydrogen-bond acceptors (Lipinski definition) is 4. The average molecular weight is 308 g/mol. The van der Waals surface area contributed by atoms with Crippen LogP contribution < -0.4 is 5.73 Å². The number of nitrogens with two attached hydrogens (primary N) is 1. The van der Waals surface area contributed by atoms with Gasteiger partial charge >= 0.3 is 0 Å². The molecule has 0 spiro atoms. The maximum absolute atomic E-state index is 12.5. The SMILES string of the molecule is CC(C)(C)c1cc(C(N)=O)cc(C(=O)N(CCO)CCO)c1. The molecule has 122 valence electrons. The van der Waals surface area contributed by atoms with E-state index in [9.17, 15) is 9.59 Å². The van der Waals surface area contributed by atoms with Crippen molar-refractivity contribution >= 4 is 11.8 Å². The zero-order valence-corrected chi connectivity index (χ0v) is 13.3. The molecular weight excluding hydrogens is 284 g/mol. The summed E-state index contributed by atoms with van der Waals surface area (Å²) in [5.41, 5.74) is 6.50. The first-order valence-corrected chi connectivity index (χ1v) is 7.17. The highest BCUT2D eigenvalue weighted by Gasteiger charge is 2.21. The van der Waals surface area contributed by atoms with Gasteiger partial charge in [-0.05, 0) is 29.2 Å². The first-order valence-electron chi connectivity index (χ1n) is 7.17. The quantitative estimate of drug-likeness (QED) is 0.712. The summed E-state index contributed by atoms with van der Waals surface area (Å²) >= 11 is 0. The van der Waals surface area contributed by atoms with Crippen molar-refractivity contribution in [3.05, 3.63) is 34.9 Å². The lowest BCUT2D eigenvalue weighted by Crippen LogP contribution is -2.36. The third kappa shape index (κ3) is 4.54. The Hall–Kier alpha value is -1.92. The highest BCUT2D eigenvalue weighted by Crippen LogP contribution is 2.25. The molecule has 0 atom stereocenters. The number of hydrogen-bond donors (Lipinski definition) is 3. The number of carbonyl (C=O) groups excluding carboxylic acids is 2. The molecule has 1 rings (SSSR count). The molecular formula is C16H24N2O4. The van der Waals surface area contributed by atoms with E-state index in [0.29, 0.717) is 5.56 Å². The third-order valence-electron chi connectivity index (χ3n) is 3.36. The molecule has 0 saturated carbocycles. The molecule has 0 bridgehead atoms. The normalized spacial score (nSPS) is 11.3. The molecule has 6 nitrogen and oxygen atoms in total. The molecule has 6 heteroatoms. The van der Waals surface area contributed by atoms with Gasteiger partial charge in [0.2, 0.25) is 5.91 Å². The van der Waals surface area contributed by atoms with Crippen molar-refractivity contribution < 1.29 is 19.8 Å². The highest BCUT2D eigenvalue weighted by molar-refractivity contribution is 5.99. The van der Waals surface area contributed by atoms with E-state index in [1.165, 1.54) is 11.0 Å². The number of amides is 2. The van der Waals surface area contributed by atoms with Crippen LogP contribution in [0.3, 0.4) is 0 Å². The van der Waals surface area contributed by atoms with Gasteiger partial charge in [-0.15, -0.1) is 0 Å². The number of carbonyl (C=O) groups is 2. The van der Waals surface area contributed by atoms with Crippen molar-refractivity contribution in [3.8, 4) is 0 Å².